The maximum atomic E-state index is 13.9. The van der Waals surface area contributed by atoms with Gasteiger partial charge in [0.25, 0.3) is 0 Å². The molecule has 1 heterocycles. The smallest absolute Gasteiger partial charge is 0.336 e. The number of aliphatic imine (C=N–C) groups is 1. The summed E-state index contributed by atoms with van der Waals surface area (Å²) in [5.74, 6) is 0.676. The molecule has 1 fully saturated rings. The van der Waals surface area contributed by atoms with Crippen LogP contribution in [0.2, 0.25) is 0 Å². The molecule has 9 heteroatoms. The van der Waals surface area contributed by atoms with Crippen LogP contribution in [0.25, 0.3) is 0 Å². The van der Waals surface area contributed by atoms with Gasteiger partial charge in [-0.25, -0.2) is 4.79 Å². The van der Waals surface area contributed by atoms with Gasteiger partial charge >= 0.3 is 5.97 Å². The van der Waals surface area contributed by atoms with Gasteiger partial charge in [-0.2, -0.15) is 0 Å². The second kappa shape index (κ2) is 11.8. The maximum absolute atomic E-state index is 13.9. The number of ketones is 1. The van der Waals surface area contributed by atoms with Gasteiger partial charge in [0, 0.05) is 23.7 Å². The lowest BCUT2D eigenvalue weighted by Crippen LogP contribution is -2.41. The Balaban J connectivity index is 1.81. The van der Waals surface area contributed by atoms with Crippen LogP contribution < -0.4 is 23.7 Å². The van der Waals surface area contributed by atoms with Crippen molar-refractivity contribution in [3.63, 3.8) is 0 Å². The molecular weight excluding hydrogens is 502 g/mol. The predicted octanol–water partition coefficient (Wildman–Crippen LogP) is 4.87. The minimum atomic E-state index is -0.633. The van der Waals surface area contributed by atoms with Gasteiger partial charge in [-0.05, 0) is 61.6 Å². The molecular formula is C30H35NO8. The molecule has 0 radical (unpaired) electrons. The number of rotatable bonds is 9. The molecule has 1 aliphatic heterocycles. The number of methoxy groups -OCH3 is 5. The van der Waals surface area contributed by atoms with Crippen molar-refractivity contribution >= 4 is 17.5 Å². The molecule has 2 aromatic rings. The predicted molar refractivity (Wildman–Crippen MR) is 146 cm³/mol. The molecule has 0 saturated heterocycles. The fraction of sp³-hybridized carbons (Fsp3) is 0.433. The average molecular weight is 538 g/mol. The number of esters is 1. The zero-order valence-corrected chi connectivity index (χ0v) is 23.5. The van der Waals surface area contributed by atoms with Gasteiger partial charge in [-0.15, -0.1) is 0 Å². The molecule has 2 aliphatic rings. The minimum absolute atomic E-state index is 0.00879. The fourth-order valence-corrected chi connectivity index (χ4v) is 5.64. The van der Waals surface area contributed by atoms with E-state index in [0.29, 0.717) is 58.6 Å². The van der Waals surface area contributed by atoms with Gasteiger partial charge in [0.1, 0.15) is 5.78 Å². The third-order valence-electron chi connectivity index (χ3n) is 7.36. The van der Waals surface area contributed by atoms with Crippen molar-refractivity contribution < 1.29 is 38.0 Å². The Bertz CT molecular complexity index is 1300. The summed E-state index contributed by atoms with van der Waals surface area (Å²) in [6, 6.07) is 9.32. The van der Waals surface area contributed by atoms with E-state index in [4.69, 9.17) is 33.4 Å². The van der Waals surface area contributed by atoms with Gasteiger partial charge in [0.2, 0.25) is 5.75 Å². The molecule has 39 heavy (non-hydrogen) atoms. The van der Waals surface area contributed by atoms with E-state index in [1.807, 2.05) is 25.1 Å². The summed E-state index contributed by atoms with van der Waals surface area (Å²) in [6.45, 7) is 4.21. The van der Waals surface area contributed by atoms with Crippen LogP contribution in [0.15, 0.2) is 46.6 Å². The summed E-state index contributed by atoms with van der Waals surface area (Å²) in [4.78, 5) is 31.8. The molecule has 1 unspecified atom stereocenters. The van der Waals surface area contributed by atoms with Crippen LogP contribution in [0.5, 0.6) is 28.7 Å². The largest absolute Gasteiger partial charge is 0.493 e. The van der Waals surface area contributed by atoms with Crippen molar-refractivity contribution in [3.05, 3.63) is 52.7 Å². The van der Waals surface area contributed by atoms with Crippen molar-refractivity contribution in [3.8, 4) is 28.7 Å². The molecule has 0 aromatic heterocycles. The lowest BCUT2D eigenvalue weighted by molar-refractivity contribution is -0.136. The number of carbonyl (C=O) groups excluding carboxylic acids is 2. The first-order valence-electron chi connectivity index (χ1n) is 12.8. The number of Topliss-reactive ketones (excluding diaryl/α,β-unsaturated/α-hetero) is 1. The summed E-state index contributed by atoms with van der Waals surface area (Å²) in [5.41, 5.74) is 3.23. The topological polar surface area (TPSA) is 102 Å². The summed E-state index contributed by atoms with van der Waals surface area (Å²) in [5, 5.41) is 0. The number of nitrogens with zero attached hydrogens (tertiary/aromatic N) is 1. The highest BCUT2D eigenvalue weighted by molar-refractivity contribution is 6.12. The standard InChI is InChI=1S/C30H35NO8/c1-8-39-22-10-9-17(13-23(22)34-3)18-11-20-28(21(32)12-18)27(26(16(2)31-20)30(33)38-7)19-14-24(35-4)29(37-6)25(15-19)36-5/h9-10,13-15,18,27-28H,8,11-12H2,1-7H3/t18-,27-,28?/m1/s1. The van der Waals surface area contributed by atoms with Crippen molar-refractivity contribution in [2.75, 3.05) is 42.2 Å². The summed E-state index contributed by atoms with van der Waals surface area (Å²) in [6.07, 6.45) is 0.843. The normalized spacial score (nSPS) is 20.5. The highest BCUT2D eigenvalue weighted by Gasteiger charge is 2.46. The molecule has 1 saturated carbocycles. The number of hydrogen-bond acceptors (Lipinski definition) is 9. The second-order valence-electron chi connectivity index (χ2n) is 9.42. The lowest BCUT2D eigenvalue weighted by atomic mass is 9.66. The first-order valence-corrected chi connectivity index (χ1v) is 12.8. The van der Waals surface area contributed by atoms with Crippen LogP contribution in [-0.4, -0.2) is 59.6 Å². The van der Waals surface area contributed by atoms with Gasteiger partial charge in [0.15, 0.2) is 23.0 Å². The van der Waals surface area contributed by atoms with Gasteiger partial charge in [-0.3, -0.25) is 9.79 Å². The van der Waals surface area contributed by atoms with Gasteiger partial charge in [0.05, 0.1) is 53.6 Å². The molecule has 0 amide bonds. The first-order chi connectivity index (χ1) is 18.8. The third-order valence-corrected chi connectivity index (χ3v) is 7.36. The summed E-state index contributed by atoms with van der Waals surface area (Å²) in [7, 11) is 7.50. The number of fused-ring (bicyclic) bond motifs is 1. The monoisotopic (exact) mass is 537 g/mol. The Kier molecular flexibility index (Phi) is 8.47. The number of carbonyl (C=O) groups is 2. The maximum Gasteiger partial charge on any atom is 0.336 e. The molecule has 1 aliphatic carbocycles. The van der Waals surface area contributed by atoms with E-state index in [1.54, 1.807) is 26.2 Å². The van der Waals surface area contributed by atoms with E-state index in [9.17, 15) is 9.59 Å². The lowest BCUT2D eigenvalue weighted by Gasteiger charge is -2.38. The van der Waals surface area contributed by atoms with E-state index < -0.39 is 17.8 Å². The number of hydrogen-bond donors (Lipinski definition) is 0. The number of allylic oxidation sites excluding steroid dienone is 1. The molecule has 3 atom stereocenters. The van der Waals surface area contributed by atoms with Crippen LogP contribution in [0.3, 0.4) is 0 Å². The van der Waals surface area contributed by atoms with Crippen molar-refractivity contribution in [1.29, 1.82) is 0 Å². The van der Waals surface area contributed by atoms with Crippen molar-refractivity contribution in [2.45, 2.75) is 38.5 Å². The minimum Gasteiger partial charge on any atom is -0.493 e. The quantitative estimate of drug-likeness (QED) is 0.418. The average Bonchev–Trinajstić information content (AvgIpc) is 2.95. The molecule has 2 aromatic carbocycles. The van der Waals surface area contributed by atoms with Gasteiger partial charge in [-0.1, -0.05) is 6.07 Å². The first kappa shape index (κ1) is 28.0. The molecule has 0 bridgehead atoms. The number of benzene rings is 2. The molecule has 0 spiro atoms. The van der Waals surface area contributed by atoms with Crippen LogP contribution in [0.1, 0.15) is 49.7 Å². The van der Waals surface area contributed by atoms with Crippen LogP contribution in [0.4, 0.5) is 0 Å². The van der Waals surface area contributed by atoms with E-state index >= 15 is 0 Å². The molecule has 9 nitrogen and oxygen atoms in total. The van der Waals surface area contributed by atoms with Crippen LogP contribution in [0, 0.1) is 5.92 Å². The Hall–Kier alpha value is -4.01. The van der Waals surface area contributed by atoms with Crippen molar-refractivity contribution in [2.24, 2.45) is 10.9 Å². The highest BCUT2D eigenvalue weighted by Crippen LogP contribution is 2.49. The second-order valence-corrected chi connectivity index (χ2v) is 9.42. The van der Waals surface area contributed by atoms with E-state index in [1.165, 1.54) is 28.4 Å². The van der Waals surface area contributed by atoms with E-state index in [-0.39, 0.29) is 18.1 Å². The highest BCUT2D eigenvalue weighted by atomic mass is 16.5. The van der Waals surface area contributed by atoms with Gasteiger partial charge < -0.3 is 28.4 Å². The fourth-order valence-electron chi connectivity index (χ4n) is 5.64. The Morgan fingerprint density at radius 2 is 1.49 bits per heavy atom. The SMILES string of the molecule is CCOc1ccc([C@H]2CC(=O)C3C(=NC(C)=C(C(=O)OC)[C@H]3c3cc(OC)c(OC)c(OC)c3)C2)cc1OC. The summed E-state index contributed by atoms with van der Waals surface area (Å²) < 4.78 is 33.0. The Morgan fingerprint density at radius 1 is 0.846 bits per heavy atom. The zero-order valence-electron chi connectivity index (χ0n) is 23.5. The third kappa shape index (κ3) is 5.17. The zero-order chi connectivity index (χ0) is 28.3. The molecule has 4 rings (SSSR count). The van der Waals surface area contributed by atoms with Crippen LogP contribution >= 0.6 is 0 Å². The Labute approximate surface area is 228 Å². The summed E-state index contributed by atoms with van der Waals surface area (Å²) >= 11 is 0. The van der Waals surface area contributed by atoms with Crippen LogP contribution in [-0.2, 0) is 14.3 Å². The molecule has 0 N–H and O–H groups in total. The van der Waals surface area contributed by atoms with Crippen molar-refractivity contribution in [1.82, 2.24) is 0 Å². The number of ether oxygens (including phenoxy) is 6. The molecule has 208 valence electrons. The van der Waals surface area contributed by atoms with E-state index in [2.05, 4.69) is 0 Å². The Morgan fingerprint density at radius 3 is 2.05 bits per heavy atom. The van der Waals surface area contributed by atoms with E-state index in [0.717, 1.165) is 11.3 Å².